The van der Waals surface area contributed by atoms with Gasteiger partial charge in [0.2, 0.25) is 0 Å². The highest BCUT2D eigenvalue weighted by Crippen LogP contribution is 2.03. The number of aryl methyl sites for hydroxylation is 2. The number of nitrogens with one attached hydrogen (secondary N) is 1. The zero-order valence-corrected chi connectivity index (χ0v) is 10.3. The quantitative estimate of drug-likeness (QED) is 0.795. The first-order valence-corrected chi connectivity index (χ1v) is 5.85. The summed E-state index contributed by atoms with van der Waals surface area (Å²) in [6.07, 6.45) is 7.67. The van der Waals surface area contributed by atoms with Crippen LogP contribution in [0.15, 0.2) is 30.9 Å². The third-order valence-electron chi connectivity index (χ3n) is 2.74. The SMILES string of the molecule is Cc1cnn(CCNCc2cnccc2C)c1. The second-order valence-corrected chi connectivity index (χ2v) is 4.26. The predicted octanol–water partition coefficient (Wildman–Crippen LogP) is 1.68. The lowest BCUT2D eigenvalue weighted by atomic mass is 10.1. The van der Waals surface area contributed by atoms with Crippen molar-refractivity contribution in [2.75, 3.05) is 6.54 Å². The highest BCUT2D eigenvalue weighted by Gasteiger charge is 1.97. The highest BCUT2D eigenvalue weighted by molar-refractivity contribution is 5.20. The molecule has 0 amide bonds. The van der Waals surface area contributed by atoms with Gasteiger partial charge in [0, 0.05) is 31.7 Å². The topological polar surface area (TPSA) is 42.7 Å². The second kappa shape index (κ2) is 5.59. The van der Waals surface area contributed by atoms with Gasteiger partial charge in [-0.25, -0.2) is 0 Å². The lowest BCUT2D eigenvalue weighted by Crippen LogP contribution is -2.20. The zero-order valence-electron chi connectivity index (χ0n) is 10.3. The van der Waals surface area contributed by atoms with E-state index in [-0.39, 0.29) is 0 Å². The van der Waals surface area contributed by atoms with Crippen molar-refractivity contribution in [1.29, 1.82) is 0 Å². The first-order chi connectivity index (χ1) is 8.25. The maximum atomic E-state index is 4.24. The Labute approximate surface area is 102 Å². The van der Waals surface area contributed by atoms with Crippen molar-refractivity contribution >= 4 is 0 Å². The van der Waals surface area contributed by atoms with Gasteiger partial charge < -0.3 is 5.32 Å². The zero-order chi connectivity index (χ0) is 12.1. The molecule has 0 saturated carbocycles. The van der Waals surface area contributed by atoms with Crippen LogP contribution in [0.1, 0.15) is 16.7 Å². The number of hydrogen-bond acceptors (Lipinski definition) is 3. The molecule has 0 radical (unpaired) electrons. The molecule has 0 aliphatic carbocycles. The predicted molar refractivity (Wildman–Crippen MR) is 67.6 cm³/mol. The van der Waals surface area contributed by atoms with Crippen molar-refractivity contribution in [2.24, 2.45) is 0 Å². The van der Waals surface area contributed by atoms with Crippen LogP contribution >= 0.6 is 0 Å². The van der Waals surface area contributed by atoms with E-state index in [1.54, 1.807) is 0 Å². The number of hydrogen-bond donors (Lipinski definition) is 1. The summed E-state index contributed by atoms with van der Waals surface area (Å²) in [5.74, 6) is 0. The van der Waals surface area contributed by atoms with Crippen LogP contribution in [0.3, 0.4) is 0 Å². The average Bonchev–Trinajstić information content (AvgIpc) is 2.73. The molecular weight excluding hydrogens is 212 g/mol. The Morgan fingerprint density at radius 2 is 2.18 bits per heavy atom. The molecule has 0 aromatic carbocycles. The molecule has 0 fully saturated rings. The summed E-state index contributed by atoms with van der Waals surface area (Å²) in [5, 5.41) is 7.64. The molecule has 0 atom stereocenters. The van der Waals surface area contributed by atoms with Crippen molar-refractivity contribution in [2.45, 2.75) is 26.9 Å². The van der Waals surface area contributed by atoms with Gasteiger partial charge in [-0.15, -0.1) is 0 Å². The van der Waals surface area contributed by atoms with E-state index in [1.165, 1.54) is 16.7 Å². The average molecular weight is 230 g/mol. The Balaban J connectivity index is 1.75. The molecule has 0 aliphatic heterocycles. The summed E-state index contributed by atoms with van der Waals surface area (Å²) >= 11 is 0. The monoisotopic (exact) mass is 230 g/mol. The van der Waals surface area contributed by atoms with Crippen LogP contribution in [-0.2, 0) is 13.1 Å². The molecule has 2 heterocycles. The fraction of sp³-hybridized carbons (Fsp3) is 0.385. The van der Waals surface area contributed by atoms with Gasteiger partial charge in [0.25, 0.3) is 0 Å². The second-order valence-electron chi connectivity index (χ2n) is 4.26. The van der Waals surface area contributed by atoms with Crippen LogP contribution in [0, 0.1) is 13.8 Å². The standard InChI is InChI=1S/C13H18N4/c1-11-7-16-17(10-11)6-5-15-9-13-8-14-4-3-12(13)2/h3-4,7-8,10,15H,5-6,9H2,1-2H3. The van der Waals surface area contributed by atoms with Crippen molar-refractivity contribution in [3.63, 3.8) is 0 Å². The molecule has 4 nitrogen and oxygen atoms in total. The van der Waals surface area contributed by atoms with Crippen LogP contribution in [0.2, 0.25) is 0 Å². The first-order valence-electron chi connectivity index (χ1n) is 5.85. The Kier molecular flexibility index (Phi) is 3.88. The number of nitrogens with zero attached hydrogens (tertiary/aromatic N) is 3. The molecule has 4 heteroatoms. The van der Waals surface area contributed by atoms with Gasteiger partial charge in [-0.05, 0) is 36.6 Å². The van der Waals surface area contributed by atoms with E-state index < -0.39 is 0 Å². The summed E-state index contributed by atoms with van der Waals surface area (Å²) < 4.78 is 1.96. The van der Waals surface area contributed by atoms with Crippen molar-refractivity contribution in [3.8, 4) is 0 Å². The number of pyridine rings is 1. The Bertz CT molecular complexity index is 476. The molecule has 2 aromatic rings. The Morgan fingerprint density at radius 1 is 1.29 bits per heavy atom. The van der Waals surface area contributed by atoms with E-state index in [0.29, 0.717) is 0 Å². The summed E-state index contributed by atoms with van der Waals surface area (Å²) in [6.45, 7) is 6.83. The van der Waals surface area contributed by atoms with Gasteiger partial charge in [-0.1, -0.05) is 0 Å². The fourth-order valence-corrected chi connectivity index (χ4v) is 1.69. The fourth-order valence-electron chi connectivity index (χ4n) is 1.69. The number of aromatic nitrogens is 3. The van der Waals surface area contributed by atoms with Gasteiger partial charge in [0.05, 0.1) is 12.7 Å². The molecule has 0 aliphatic rings. The summed E-state index contributed by atoms with van der Waals surface area (Å²) in [6, 6.07) is 2.04. The molecule has 0 spiro atoms. The molecular formula is C13H18N4. The lowest BCUT2D eigenvalue weighted by molar-refractivity contribution is 0.553. The minimum absolute atomic E-state index is 0.861. The maximum absolute atomic E-state index is 4.24. The first kappa shape index (κ1) is 11.8. The molecule has 90 valence electrons. The minimum atomic E-state index is 0.861. The van der Waals surface area contributed by atoms with Crippen molar-refractivity contribution in [1.82, 2.24) is 20.1 Å². The summed E-state index contributed by atoms with van der Waals surface area (Å²) in [5.41, 5.74) is 3.74. The molecule has 0 bridgehead atoms. The molecule has 2 rings (SSSR count). The van der Waals surface area contributed by atoms with E-state index >= 15 is 0 Å². The van der Waals surface area contributed by atoms with Gasteiger partial charge in [0.15, 0.2) is 0 Å². The van der Waals surface area contributed by atoms with Crippen LogP contribution in [0.25, 0.3) is 0 Å². The lowest BCUT2D eigenvalue weighted by Gasteiger charge is -2.07. The molecule has 17 heavy (non-hydrogen) atoms. The van der Waals surface area contributed by atoms with Crippen LogP contribution in [-0.4, -0.2) is 21.3 Å². The van der Waals surface area contributed by atoms with Gasteiger partial charge in [0.1, 0.15) is 0 Å². The summed E-state index contributed by atoms with van der Waals surface area (Å²) in [4.78, 5) is 4.13. The maximum Gasteiger partial charge on any atom is 0.0534 e. The van der Waals surface area contributed by atoms with Gasteiger partial charge in [-0.3, -0.25) is 9.67 Å². The molecule has 2 aromatic heterocycles. The number of rotatable bonds is 5. The van der Waals surface area contributed by atoms with Gasteiger partial charge in [-0.2, -0.15) is 5.10 Å². The van der Waals surface area contributed by atoms with E-state index in [0.717, 1.165) is 19.6 Å². The third-order valence-corrected chi connectivity index (χ3v) is 2.74. The van der Waals surface area contributed by atoms with E-state index in [2.05, 4.69) is 35.4 Å². The van der Waals surface area contributed by atoms with E-state index in [1.807, 2.05) is 29.3 Å². The van der Waals surface area contributed by atoms with Crippen LogP contribution < -0.4 is 5.32 Å². The smallest absolute Gasteiger partial charge is 0.0534 e. The van der Waals surface area contributed by atoms with Crippen LogP contribution in [0.4, 0.5) is 0 Å². The van der Waals surface area contributed by atoms with Crippen LogP contribution in [0.5, 0.6) is 0 Å². The highest BCUT2D eigenvalue weighted by atomic mass is 15.3. The largest absolute Gasteiger partial charge is 0.311 e. The molecule has 1 N–H and O–H groups in total. The summed E-state index contributed by atoms with van der Waals surface area (Å²) in [7, 11) is 0. The van der Waals surface area contributed by atoms with Crippen molar-refractivity contribution < 1.29 is 0 Å². The Morgan fingerprint density at radius 3 is 2.88 bits per heavy atom. The third kappa shape index (κ3) is 3.39. The van der Waals surface area contributed by atoms with Gasteiger partial charge >= 0.3 is 0 Å². The minimum Gasteiger partial charge on any atom is -0.311 e. The Hall–Kier alpha value is -1.68. The van der Waals surface area contributed by atoms with Crippen molar-refractivity contribution in [3.05, 3.63) is 47.5 Å². The molecule has 0 saturated heterocycles. The van der Waals surface area contributed by atoms with E-state index in [4.69, 9.17) is 0 Å². The molecule has 0 unspecified atom stereocenters. The normalized spacial score (nSPS) is 10.7. The van der Waals surface area contributed by atoms with E-state index in [9.17, 15) is 0 Å².